The van der Waals surface area contributed by atoms with Gasteiger partial charge in [-0.2, -0.15) is 5.26 Å². The number of benzene rings is 1. The van der Waals surface area contributed by atoms with Gasteiger partial charge >= 0.3 is 0 Å². The fraction of sp³-hybridized carbons (Fsp3) is 0.250. The van der Waals surface area contributed by atoms with E-state index in [1.165, 1.54) is 30.0 Å². The SMILES string of the molecule is Cn1c(CO)nnc1SCc1cc(C#N)ccc1F. The zero-order valence-electron chi connectivity index (χ0n) is 10.2. The van der Waals surface area contributed by atoms with E-state index in [4.69, 9.17) is 10.4 Å². The first kappa shape index (κ1) is 13.5. The summed E-state index contributed by atoms with van der Waals surface area (Å²) >= 11 is 1.30. The zero-order chi connectivity index (χ0) is 13.8. The summed E-state index contributed by atoms with van der Waals surface area (Å²) in [6.07, 6.45) is 0. The van der Waals surface area contributed by atoms with E-state index >= 15 is 0 Å². The molecule has 0 saturated heterocycles. The Morgan fingerprint density at radius 1 is 1.47 bits per heavy atom. The Morgan fingerprint density at radius 2 is 2.26 bits per heavy atom. The van der Waals surface area contributed by atoms with Crippen LogP contribution in [0.4, 0.5) is 4.39 Å². The third-order valence-electron chi connectivity index (χ3n) is 2.60. The van der Waals surface area contributed by atoms with Crippen LogP contribution in [0.25, 0.3) is 0 Å². The van der Waals surface area contributed by atoms with Gasteiger partial charge in [0, 0.05) is 12.8 Å². The van der Waals surface area contributed by atoms with Gasteiger partial charge in [0.25, 0.3) is 0 Å². The Morgan fingerprint density at radius 3 is 2.89 bits per heavy atom. The molecule has 0 bridgehead atoms. The molecular formula is C12H11FN4OS. The molecule has 5 nitrogen and oxygen atoms in total. The second-order valence-electron chi connectivity index (χ2n) is 3.82. The van der Waals surface area contributed by atoms with Crippen molar-refractivity contribution < 1.29 is 9.50 Å². The minimum Gasteiger partial charge on any atom is -0.388 e. The van der Waals surface area contributed by atoms with E-state index < -0.39 is 0 Å². The highest BCUT2D eigenvalue weighted by Crippen LogP contribution is 2.23. The lowest BCUT2D eigenvalue weighted by Gasteiger charge is -2.04. The molecule has 0 saturated carbocycles. The Balaban J connectivity index is 2.14. The van der Waals surface area contributed by atoms with Crippen molar-refractivity contribution in [3.8, 4) is 6.07 Å². The number of nitriles is 1. The zero-order valence-corrected chi connectivity index (χ0v) is 11.0. The molecule has 2 aromatic rings. The van der Waals surface area contributed by atoms with Gasteiger partial charge in [-0.25, -0.2) is 4.39 Å². The van der Waals surface area contributed by atoms with Crippen LogP contribution in [0, 0.1) is 17.1 Å². The predicted molar refractivity (Wildman–Crippen MR) is 67.6 cm³/mol. The fourth-order valence-corrected chi connectivity index (χ4v) is 2.41. The van der Waals surface area contributed by atoms with Gasteiger partial charge in [-0.3, -0.25) is 0 Å². The number of hydrogen-bond donors (Lipinski definition) is 1. The van der Waals surface area contributed by atoms with Crippen LogP contribution >= 0.6 is 11.8 Å². The van der Waals surface area contributed by atoms with E-state index in [0.717, 1.165) is 0 Å². The van der Waals surface area contributed by atoms with Crippen LogP contribution in [0.2, 0.25) is 0 Å². The number of thioether (sulfide) groups is 1. The molecule has 0 radical (unpaired) electrons. The van der Waals surface area contributed by atoms with E-state index in [2.05, 4.69) is 10.2 Å². The summed E-state index contributed by atoms with van der Waals surface area (Å²) in [4.78, 5) is 0. The number of rotatable bonds is 4. The van der Waals surface area contributed by atoms with Crippen LogP contribution in [0.3, 0.4) is 0 Å². The largest absolute Gasteiger partial charge is 0.388 e. The molecule has 0 aliphatic heterocycles. The average Bonchev–Trinajstić information content (AvgIpc) is 2.78. The van der Waals surface area contributed by atoms with Crippen molar-refractivity contribution in [3.05, 3.63) is 41.0 Å². The molecular weight excluding hydrogens is 267 g/mol. The first-order valence-electron chi connectivity index (χ1n) is 5.46. The Kier molecular flexibility index (Phi) is 4.14. The van der Waals surface area contributed by atoms with Gasteiger partial charge in [-0.1, -0.05) is 11.8 Å². The fourth-order valence-electron chi connectivity index (χ4n) is 1.51. The van der Waals surface area contributed by atoms with Crippen molar-refractivity contribution in [2.75, 3.05) is 0 Å². The lowest BCUT2D eigenvalue weighted by molar-refractivity contribution is 0.266. The van der Waals surface area contributed by atoms with Crippen molar-refractivity contribution in [2.45, 2.75) is 17.5 Å². The highest BCUT2D eigenvalue weighted by Gasteiger charge is 2.10. The molecule has 0 amide bonds. The number of aromatic nitrogens is 3. The molecule has 0 unspecified atom stereocenters. The van der Waals surface area contributed by atoms with Crippen molar-refractivity contribution >= 4 is 11.8 Å². The summed E-state index contributed by atoms with van der Waals surface area (Å²) in [5.74, 6) is 0.448. The maximum Gasteiger partial charge on any atom is 0.191 e. The standard InChI is InChI=1S/C12H11FN4OS/c1-17-11(6-18)15-16-12(17)19-7-9-4-8(5-14)2-3-10(9)13/h2-4,18H,6-7H2,1H3. The Bertz CT molecular complexity index is 635. The number of nitrogens with zero attached hydrogens (tertiary/aromatic N) is 4. The number of hydrogen-bond acceptors (Lipinski definition) is 5. The van der Waals surface area contributed by atoms with Gasteiger partial charge in [0.05, 0.1) is 11.6 Å². The Labute approximate surface area is 113 Å². The normalized spacial score (nSPS) is 10.4. The molecule has 0 spiro atoms. The molecule has 2 rings (SSSR count). The summed E-state index contributed by atoms with van der Waals surface area (Å²) in [5, 5.41) is 26.1. The summed E-state index contributed by atoms with van der Waals surface area (Å²) < 4.78 is 15.2. The molecule has 7 heteroatoms. The van der Waals surface area contributed by atoms with E-state index in [1.54, 1.807) is 11.6 Å². The first-order valence-corrected chi connectivity index (χ1v) is 6.44. The number of halogens is 1. The van der Waals surface area contributed by atoms with E-state index in [9.17, 15) is 4.39 Å². The minimum absolute atomic E-state index is 0.192. The van der Waals surface area contributed by atoms with E-state index in [-0.39, 0.29) is 12.4 Å². The summed E-state index contributed by atoms with van der Waals surface area (Å²) in [5.41, 5.74) is 0.864. The van der Waals surface area contributed by atoms with E-state index in [0.29, 0.717) is 27.9 Å². The first-order chi connectivity index (χ1) is 9.15. The maximum atomic E-state index is 13.6. The number of aliphatic hydroxyl groups excluding tert-OH is 1. The topological polar surface area (TPSA) is 74.7 Å². The van der Waals surface area contributed by atoms with Crippen LogP contribution in [0.5, 0.6) is 0 Å². The van der Waals surface area contributed by atoms with Gasteiger partial charge in [0.15, 0.2) is 11.0 Å². The predicted octanol–water partition coefficient (Wildman–Crippen LogP) is 1.61. The summed E-state index contributed by atoms with van der Waals surface area (Å²) in [6, 6.07) is 6.22. The molecule has 1 heterocycles. The van der Waals surface area contributed by atoms with Crippen molar-refractivity contribution in [3.63, 3.8) is 0 Å². The van der Waals surface area contributed by atoms with Crippen LogP contribution in [0.15, 0.2) is 23.4 Å². The second-order valence-corrected chi connectivity index (χ2v) is 4.77. The lowest BCUT2D eigenvalue weighted by Crippen LogP contribution is -1.99. The van der Waals surface area contributed by atoms with Gasteiger partial charge in [0.2, 0.25) is 0 Å². The highest BCUT2D eigenvalue weighted by molar-refractivity contribution is 7.98. The second kappa shape index (κ2) is 5.82. The molecule has 0 atom stereocenters. The summed E-state index contributed by atoms with van der Waals surface area (Å²) in [6.45, 7) is -0.192. The third-order valence-corrected chi connectivity index (χ3v) is 3.67. The molecule has 1 N–H and O–H groups in total. The number of aliphatic hydroxyl groups is 1. The summed E-state index contributed by atoms with van der Waals surface area (Å²) in [7, 11) is 1.73. The van der Waals surface area contributed by atoms with Crippen LogP contribution in [-0.2, 0) is 19.4 Å². The highest BCUT2D eigenvalue weighted by atomic mass is 32.2. The quantitative estimate of drug-likeness (QED) is 0.860. The molecule has 98 valence electrons. The molecule has 1 aromatic carbocycles. The molecule has 0 fully saturated rings. The van der Waals surface area contributed by atoms with Gasteiger partial charge in [-0.15, -0.1) is 10.2 Å². The van der Waals surface area contributed by atoms with Crippen LogP contribution < -0.4 is 0 Å². The van der Waals surface area contributed by atoms with Gasteiger partial charge in [0.1, 0.15) is 12.4 Å². The smallest absolute Gasteiger partial charge is 0.191 e. The maximum absolute atomic E-state index is 13.6. The van der Waals surface area contributed by atoms with Gasteiger partial charge < -0.3 is 9.67 Å². The molecule has 0 aliphatic rings. The van der Waals surface area contributed by atoms with E-state index in [1.807, 2.05) is 6.07 Å². The minimum atomic E-state index is -0.351. The Hall–Kier alpha value is -1.91. The molecule has 19 heavy (non-hydrogen) atoms. The van der Waals surface area contributed by atoms with Crippen molar-refractivity contribution in [2.24, 2.45) is 7.05 Å². The van der Waals surface area contributed by atoms with Gasteiger partial charge in [-0.05, 0) is 23.8 Å². The van der Waals surface area contributed by atoms with Crippen LogP contribution in [0.1, 0.15) is 17.0 Å². The third kappa shape index (κ3) is 2.92. The lowest BCUT2D eigenvalue weighted by atomic mass is 10.1. The molecule has 0 aliphatic carbocycles. The van der Waals surface area contributed by atoms with Crippen LogP contribution in [-0.4, -0.2) is 19.9 Å². The van der Waals surface area contributed by atoms with Crippen molar-refractivity contribution in [1.29, 1.82) is 5.26 Å². The average molecular weight is 278 g/mol. The monoisotopic (exact) mass is 278 g/mol. The van der Waals surface area contributed by atoms with Crippen molar-refractivity contribution in [1.82, 2.24) is 14.8 Å². The molecule has 1 aromatic heterocycles.